The molecule has 1 aromatic carbocycles. The molecule has 0 radical (unpaired) electrons. The van der Waals surface area contributed by atoms with Gasteiger partial charge in [-0.1, -0.05) is 5.21 Å². The van der Waals surface area contributed by atoms with Gasteiger partial charge in [0.1, 0.15) is 0 Å². The van der Waals surface area contributed by atoms with Crippen molar-refractivity contribution in [2.45, 2.75) is 11.4 Å². The average Bonchev–Trinajstić information content (AvgIpc) is 2.92. The van der Waals surface area contributed by atoms with Crippen LogP contribution < -0.4 is 10.0 Å². The molecule has 0 saturated carbocycles. The van der Waals surface area contributed by atoms with E-state index in [4.69, 9.17) is 0 Å². The Hall–Kier alpha value is -1.93. The van der Waals surface area contributed by atoms with E-state index in [-0.39, 0.29) is 4.90 Å². The summed E-state index contributed by atoms with van der Waals surface area (Å²) in [4.78, 5) is 0.247. The summed E-state index contributed by atoms with van der Waals surface area (Å²) in [5.41, 5.74) is 0.857. The Morgan fingerprint density at radius 2 is 2.00 bits per heavy atom. The van der Waals surface area contributed by atoms with E-state index >= 15 is 0 Å². The van der Waals surface area contributed by atoms with Crippen LogP contribution in [0.2, 0.25) is 0 Å². The van der Waals surface area contributed by atoms with Gasteiger partial charge in [0.25, 0.3) is 0 Å². The first kappa shape index (κ1) is 13.5. The molecule has 8 heteroatoms. The molecule has 0 unspecified atom stereocenters. The van der Waals surface area contributed by atoms with Gasteiger partial charge in [0.2, 0.25) is 10.0 Å². The largest absolute Gasteiger partial charge is 0.383 e. The Labute approximate surface area is 111 Å². The quantitative estimate of drug-likeness (QED) is 0.795. The minimum atomic E-state index is -3.37. The number of hydrogen-bond acceptors (Lipinski definition) is 5. The number of benzene rings is 1. The molecule has 2 aromatic rings. The maximum atomic E-state index is 11.5. The molecule has 2 rings (SSSR count). The lowest BCUT2D eigenvalue weighted by atomic mass is 10.3. The van der Waals surface area contributed by atoms with Crippen LogP contribution in [0.15, 0.2) is 41.6 Å². The molecule has 7 nitrogen and oxygen atoms in total. The molecular formula is C11H15N5O2S. The molecule has 19 heavy (non-hydrogen) atoms. The van der Waals surface area contributed by atoms with Crippen LogP contribution in [0.5, 0.6) is 0 Å². The Bertz CT molecular complexity index is 607. The molecule has 0 bridgehead atoms. The number of aromatic nitrogens is 3. The van der Waals surface area contributed by atoms with Crippen molar-refractivity contribution in [3.8, 4) is 0 Å². The Balaban J connectivity index is 1.92. The van der Waals surface area contributed by atoms with Crippen molar-refractivity contribution >= 4 is 15.7 Å². The van der Waals surface area contributed by atoms with E-state index in [0.717, 1.165) is 5.69 Å². The van der Waals surface area contributed by atoms with Crippen molar-refractivity contribution in [3.05, 3.63) is 36.7 Å². The summed E-state index contributed by atoms with van der Waals surface area (Å²) in [6.07, 6.45) is 3.40. The van der Waals surface area contributed by atoms with Gasteiger partial charge in [-0.05, 0) is 31.3 Å². The number of rotatable bonds is 6. The molecule has 0 saturated heterocycles. The standard InChI is InChI=1S/C11H15N5O2S/c1-12-19(17,18)11-4-2-10(3-5-11)13-6-8-16-9-7-14-15-16/h2-5,7,9,12-13H,6,8H2,1H3. The third-order valence-electron chi connectivity index (χ3n) is 2.58. The monoisotopic (exact) mass is 281 g/mol. The summed E-state index contributed by atoms with van der Waals surface area (Å²) in [6, 6.07) is 6.57. The number of anilines is 1. The normalized spacial score (nSPS) is 11.4. The first-order valence-corrected chi connectivity index (χ1v) is 7.22. The molecule has 0 aliphatic rings. The van der Waals surface area contributed by atoms with Gasteiger partial charge in [-0.3, -0.25) is 4.68 Å². The van der Waals surface area contributed by atoms with Crippen LogP contribution >= 0.6 is 0 Å². The summed E-state index contributed by atoms with van der Waals surface area (Å²) < 4.78 is 27.1. The zero-order valence-corrected chi connectivity index (χ0v) is 11.3. The van der Waals surface area contributed by atoms with E-state index in [9.17, 15) is 8.42 Å². The van der Waals surface area contributed by atoms with Gasteiger partial charge >= 0.3 is 0 Å². The second kappa shape index (κ2) is 5.81. The van der Waals surface area contributed by atoms with Crippen LogP contribution in [-0.4, -0.2) is 37.0 Å². The van der Waals surface area contributed by atoms with Gasteiger partial charge in [0, 0.05) is 18.4 Å². The topological polar surface area (TPSA) is 88.9 Å². The summed E-state index contributed by atoms with van der Waals surface area (Å²) in [5, 5.41) is 10.7. The molecule has 0 atom stereocenters. The van der Waals surface area contributed by atoms with Gasteiger partial charge < -0.3 is 5.32 Å². The van der Waals surface area contributed by atoms with Gasteiger partial charge in [-0.15, -0.1) is 5.10 Å². The number of nitrogens with zero attached hydrogens (tertiary/aromatic N) is 3. The minimum absolute atomic E-state index is 0.247. The molecule has 0 fully saturated rings. The maximum Gasteiger partial charge on any atom is 0.240 e. The second-order valence-electron chi connectivity index (χ2n) is 3.82. The zero-order chi connectivity index (χ0) is 13.7. The van der Waals surface area contributed by atoms with Crippen molar-refractivity contribution < 1.29 is 8.42 Å². The second-order valence-corrected chi connectivity index (χ2v) is 5.71. The lowest BCUT2D eigenvalue weighted by Gasteiger charge is -2.07. The van der Waals surface area contributed by atoms with E-state index in [2.05, 4.69) is 20.4 Å². The molecule has 0 spiro atoms. The summed E-state index contributed by atoms with van der Waals surface area (Å²) in [7, 11) is -1.98. The van der Waals surface area contributed by atoms with Gasteiger partial charge in [0.05, 0.1) is 17.6 Å². The number of sulfonamides is 1. The average molecular weight is 281 g/mol. The fourth-order valence-electron chi connectivity index (χ4n) is 1.54. The highest BCUT2D eigenvalue weighted by atomic mass is 32.2. The van der Waals surface area contributed by atoms with Gasteiger partial charge in [0.15, 0.2) is 0 Å². The van der Waals surface area contributed by atoms with Crippen molar-refractivity contribution in [2.24, 2.45) is 0 Å². The third-order valence-corrected chi connectivity index (χ3v) is 4.01. The maximum absolute atomic E-state index is 11.5. The highest BCUT2D eigenvalue weighted by Gasteiger charge is 2.09. The van der Waals surface area contributed by atoms with Crippen LogP contribution in [0.3, 0.4) is 0 Å². The summed E-state index contributed by atoms with van der Waals surface area (Å²) in [5.74, 6) is 0. The fourth-order valence-corrected chi connectivity index (χ4v) is 2.27. The molecule has 0 amide bonds. The molecule has 1 aromatic heterocycles. The van der Waals surface area contributed by atoms with Crippen molar-refractivity contribution in [1.82, 2.24) is 19.7 Å². The van der Waals surface area contributed by atoms with Crippen LogP contribution in [0, 0.1) is 0 Å². The van der Waals surface area contributed by atoms with Crippen LogP contribution in [0.4, 0.5) is 5.69 Å². The van der Waals surface area contributed by atoms with Crippen molar-refractivity contribution in [2.75, 3.05) is 18.9 Å². The van der Waals surface area contributed by atoms with E-state index in [1.807, 2.05) is 0 Å². The molecule has 1 heterocycles. The molecule has 0 aliphatic heterocycles. The lowest BCUT2D eigenvalue weighted by molar-refractivity contribution is 0.588. The Morgan fingerprint density at radius 1 is 1.26 bits per heavy atom. The predicted molar refractivity (Wildman–Crippen MR) is 71.2 cm³/mol. The molecule has 102 valence electrons. The molecular weight excluding hydrogens is 266 g/mol. The smallest absolute Gasteiger partial charge is 0.240 e. The fraction of sp³-hybridized carbons (Fsp3) is 0.273. The van der Waals surface area contributed by atoms with E-state index < -0.39 is 10.0 Å². The lowest BCUT2D eigenvalue weighted by Crippen LogP contribution is -2.18. The Morgan fingerprint density at radius 3 is 2.58 bits per heavy atom. The van der Waals surface area contributed by atoms with Crippen molar-refractivity contribution in [1.29, 1.82) is 0 Å². The number of nitrogens with one attached hydrogen (secondary N) is 2. The van der Waals surface area contributed by atoms with Crippen LogP contribution in [-0.2, 0) is 16.6 Å². The minimum Gasteiger partial charge on any atom is -0.383 e. The van der Waals surface area contributed by atoms with E-state index in [1.54, 1.807) is 41.3 Å². The third kappa shape index (κ3) is 3.52. The molecule has 2 N–H and O–H groups in total. The first-order chi connectivity index (χ1) is 9.12. The molecule has 0 aliphatic carbocycles. The Kier molecular flexibility index (Phi) is 4.13. The predicted octanol–water partition coefficient (Wildman–Crippen LogP) is 0.298. The van der Waals surface area contributed by atoms with Crippen LogP contribution in [0.1, 0.15) is 0 Å². The first-order valence-electron chi connectivity index (χ1n) is 5.73. The van der Waals surface area contributed by atoms with Crippen molar-refractivity contribution in [3.63, 3.8) is 0 Å². The highest BCUT2D eigenvalue weighted by molar-refractivity contribution is 7.89. The SMILES string of the molecule is CNS(=O)(=O)c1ccc(NCCn2ccnn2)cc1. The number of hydrogen-bond donors (Lipinski definition) is 2. The zero-order valence-electron chi connectivity index (χ0n) is 10.4. The van der Waals surface area contributed by atoms with Gasteiger partial charge in [-0.2, -0.15) is 0 Å². The van der Waals surface area contributed by atoms with Gasteiger partial charge in [-0.25, -0.2) is 13.1 Å². The summed E-state index contributed by atoms with van der Waals surface area (Å²) >= 11 is 0. The van der Waals surface area contributed by atoms with E-state index in [1.165, 1.54) is 7.05 Å². The summed E-state index contributed by atoms with van der Waals surface area (Å²) in [6.45, 7) is 1.37. The van der Waals surface area contributed by atoms with E-state index in [0.29, 0.717) is 13.1 Å². The van der Waals surface area contributed by atoms with Crippen LogP contribution in [0.25, 0.3) is 0 Å². The highest BCUT2D eigenvalue weighted by Crippen LogP contribution is 2.13.